The number of aromatic nitrogens is 3. The van der Waals surface area contributed by atoms with Crippen LogP contribution >= 0.6 is 34.0 Å². The number of hydrogen-bond donors (Lipinski definition) is 0. The van der Waals surface area contributed by atoms with Crippen LogP contribution in [-0.2, 0) is 0 Å². The smallest absolute Gasteiger partial charge is 0.191 e. The zero-order chi connectivity index (χ0) is 15.2. The molecular weight excluding hydrogens is 342 g/mol. The lowest BCUT2D eigenvalue weighted by Crippen LogP contribution is -1.86. The van der Waals surface area contributed by atoms with Crippen molar-refractivity contribution in [3.05, 3.63) is 54.2 Å². The van der Waals surface area contributed by atoms with Crippen LogP contribution in [0.25, 0.3) is 40.6 Å². The highest BCUT2D eigenvalue weighted by Gasteiger charge is 2.11. The molecule has 0 N–H and O–H groups in total. The maximum atomic E-state index is 4.28. The van der Waals surface area contributed by atoms with Gasteiger partial charge in [-0.1, -0.05) is 12.1 Å². The van der Waals surface area contributed by atoms with Crippen molar-refractivity contribution in [2.75, 3.05) is 0 Å². The van der Waals surface area contributed by atoms with Crippen molar-refractivity contribution in [2.45, 2.75) is 0 Å². The lowest BCUT2D eigenvalue weighted by atomic mass is 10.1. The topological polar surface area (TPSA) is 38.7 Å². The van der Waals surface area contributed by atoms with E-state index in [1.165, 1.54) is 29.9 Å². The summed E-state index contributed by atoms with van der Waals surface area (Å²) >= 11 is 5.32. The minimum Gasteiger partial charge on any atom is -0.233 e. The number of thiophene rings is 3. The van der Waals surface area contributed by atoms with Gasteiger partial charge in [0.2, 0.25) is 0 Å². The largest absolute Gasteiger partial charge is 0.233 e. The normalized spacial score (nSPS) is 11.5. The first-order valence-corrected chi connectivity index (χ1v) is 9.53. The highest BCUT2D eigenvalue weighted by molar-refractivity contribution is 7.31. The van der Waals surface area contributed by atoms with E-state index in [0.29, 0.717) is 5.82 Å². The van der Waals surface area contributed by atoms with Crippen LogP contribution in [0, 0.1) is 0 Å². The maximum Gasteiger partial charge on any atom is 0.191 e. The first-order valence-electron chi connectivity index (χ1n) is 7.02. The minimum absolute atomic E-state index is 0.697. The van der Waals surface area contributed by atoms with Gasteiger partial charge >= 0.3 is 0 Å². The zero-order valence-corrected chi connectivity index (χ0v) is 14.2. The van der Waals surface area contributed by atoms with Crippen LogP contribution in [0.15, 0.2) is 54.2 Å². The third-order valence-electron chi connectivity index (χ3n) is 3.65. The molecule has 0 bridgehead atoms. The molecule has 0 unspecified atom stereocenters. The van der Waals surface area contributed by atoms with E-state index in [1.807, 2.05) is 11.3 Å². The molecule has 5 aromatic rings. The van der Waals surface area contributed by atoms with Crippen molar-refractivity contribution in [1.82, 2.24) is 15.2 Å². The van der Waals surface area contributed by atoms with E-state index >= 15 is 0 Å². The molecule has 110 valence electrons. The van der Waals surface area contributed by atoms with Crippen LogP contribution in [0.2, 0.25) is 0 Å². The summed E-state index contributed by atoms with van der Waals surface area (Å²) < 4.78 is 3.89. The van der Waals surface area contributed by atoms with Gasteiger partial charge in [-0.15, -0.1) is 39.1 Å². The monoisotopic (exact) mass is 351 g/mol. The van der Waals surface area contributed by atoms with Gasteiger partial charge in [0.05, 0.1) is 11.1 Å². The fourth-order valence-corrected chi connectivity index (χ4v) is 5.71. The Morgan fingerprint density at radius 3 is 2.52 bits per heavy atom. The van der Waals surface area contributed by atoms with Crippen LogP contribution in [0.3, 0.4) is 0 Å². The Kier molecular flexibility index (Phi) is 3.00. The average molecular weight is 351 g/mol. The van der Waals surface area contributed by atoms with Crippen molar-refractivity contribution in [1.29, 1.82) is 0 Å². The van der Waals surface area contributed by atoms with Gasteiger partial charge in [0.15, 0.2) is 5.82 Å². The summed E-state index contributed by atoms with van der Waals surface area (Å²) in [5.74, 6) is 0.697. The molecule has 0 aliphatic heterocycles. The number of nitrogens with zero attached hydrogens (tertiary/aromatic N) is 3. The van der Waals surface area contributed by atoms with Crippen molar-refractivity contribution in [3.63, 3.8) is 0 Å². The standard InChI is InChI=1S/C17H9N3S3/c1-2-11(7-12-10(1)3-6-21-12)13-8-14-15(22-13)9-16(23-14)17-18-4-5-19-20-17/h1-9H. The van der Waals surface area contributed by atoms with Crippen LogP contribution < -0.4 is 0 Å². The van der Waals surface area contributed by atoms with Gasteiger partial charge in [0, 0.05) is 25.2 Å². The van der Waals surface area contributed by atoms with Crippen LogP contribution in [-0.4, -0.2) is 15.2 Å². The Hall–Kier alpha value is -2.15. The molecule has 4 heterocycles. The summed E-state index contributed by atoms with van der Waals surface area (Å²) in [6.45, 7) is 0. The predicted octanol–water partition coefficient (Wildman–Crippen LogP) is 5.70. The second-order valence-electron chi connectivity index (χ2n) is 5.09. The van der Waals surface area contributed by atoms with E-state index in [1.54, 1.807) is 35.1 Å². The Morgan fingerprint density at radius 2 is 1.65 bits per heavy atom. The first kappa shape index (κ1) is 13.3. The Balaban J connectivity index is 1.59. The Morgan fingerprint density at radius 1 is 0.783 bits per heavy atom. The van der Waals surface area contributed by atoms with Gasteiger partial charge in [-0.2, -0.15) is 5.10 Å². The summed E-state index contributed by atoms with van der Waals surface area (Å²) in [7, 11) is 0. The highest BCUT2D eigenvalue weighted by atomic mass is 32.1. The van der Waals surface area contributed by atoms with E-state index < -0.39 is 0 Å². The van der Waals surface area contributed by atoms with Crippen LogP contribution in [0.4, 0.5) is 0 Å². The van der Waals surface area contributed by atoms with E-state index in [0.717, 1.165) is 4.88 Å². The molecular formula is C17H9N3S3. The van der Waals surface area contributed by atoms with Crippen molar-refractivity contribution >= 4 is 53.5 Å². The van der Waals surface area contributed by atoms with Crippen LogP contribution in [0.1, 0.15) is 0 Å². The molecule has 0 saturated carbocycles. The van der Waals surface area contributed by atoms with E-state index in [9.17, 15) is 0 Å². The quantitative estimate of drug-likeness (QED) is 0.410. The van der Waals surface area contributed by atoms with Gasteiger partial charge < -0.3 is 0 Å². The second kappa shape index (κ2) is 5.19. The summed E-state index contributed by atoms with van der Waals surface area (Å²) in [4.78, 5) is 6.65. The molecule has 0 amide bonds. The summed E-state index contributed by atoms with van der Waals surface area (Å²) in [6.07, 6.45) is 3.27. The third-order valence-corrected chi connectivity index (χ3v) is 6.87. The van der Waals surface area contributed by atoms with Crippen molar-refractivity contribution < 1.29 is 0 Å². The lowest BCUT2D eigenvalue weighted by Gasteiger charge is -1.97. The van der Waals surface area contributed by atoms with Crippen molar-refractivity contribution in [2.24, 2.45) is 0 Å². The minimum atomic E-state index is 0.697. The molecule has 0 fully saturated rings. The second-order valence-corrected chi connectivity index (χ2v) is 8.20. The summed E-state index contributed by atoms with van der Waals surface area (Å²) in [6, 6.07) is 13.3. The number of hydrogen-bond acceptors (Lipinski definition) is 6. The molecule has 0 aliphatic carbocycles. The van der Waals surface area contributed by atoms with Gasteiger partial charge in [0.1, 0.15) is 0 Å². The summed E-state index contributed by atoms with van der Waals surface area (Å²) in [5.41, 5.74) is 1.28. The van der Waals surface area contributed by atoms with E-state index in [2.05, 4.69) is 57.0 Å². The number of benzene rings is 1. The molecule has 0 saturated heterocycles. The molecule has 0 spiro atoms. The lowest BCUT2D eigenvalue weighted by molar-refractivity contribution is 0.984. The van der Waals surface area contributed by atoms with Crippen molar-refractivity contribution in [3.8, 4) is 21.1 Å². The molecule has 4 aromatic heterocycles. The fourth-order valence-electron chi connectivity index (χ4n) is 2.56. The van der Waals surface area contributed by atoms with Gasteiger partial charge in [0.25, 0.3) is 0 Å². The molecule has 5 rings (SSSR count). The molecule has 0 aliphatic rings. The van der Waals surface area contributed by atoms with Crippen LogP contribution in [0.5, 0.6) is 0 Å². The van der Waals surface area contributed by atoms with Gasteiger partial charge in [-0.05, 0) is 40.6 Å². The van der Waals surface area contributed by atoms with E-state index in [4.69, 9.17) is 0 Å². The fraction of sp³-hybridized carbons (Fsp3) is 0. The molecule has 1 aromatic carbocycles. The zero-order valence-electron chi connectivity index (χ0n) is 11.8. The first-order chi connectivity index (χ1) is 11.4. The maximum absolute atomic E-state index is 4.28. The average Bonchev–Trinajstić information content (AvgIpc) is 3.28. The van der Waals surface area contributed by atoms with E-state index in [-0.39, 0.29) is 0 Å². The Bertz CT molecular complexity index is 1090. The molecule has 3 nitrogen and oxygen atoms in total. The number of fused-ring (bicyclic) bond motifs is 2. The highest BCUT2D eigenvalue weighted by Crippen LogP contribution is 2.41. The molecule has 23 heavy (non-hydrogen) atoms. The summed E-state index contributed by atoms with van der Waals surface area (Å²) in [5, 5.41) is 11.4. The molecule has 0 radical (unpaired) electrons. The van der Waals surface area contributed by atoms with Gasteiger partial charge in [-0.3, -0.25) is 0 Å². The molecule has 6 heteroatoms. The predicted molar refractivity (Wildman–Crippen MR) is 99.3 cm³/mol. The van der Waals surface area contributed by atoms with Gasteiger partial charge in [-0.25, -0.2) is 4.98 Å². The third kappa shape index (κ3) is 2.26. The Labute approximate surface area is 143 Å². The number of rotatable bonds is 2. The molecule has 0 atom stereocenters. The SMILES string of the molecule is c1cnc(-c2cc3sc(-c4ccc5ccsc5c4)cc3s2)nn1.